The summed E-state index contributed by atoms with van der Waals surface area (Å²) in [5.74, 6) is 0. The molecule has 1 unspecified atom stereocenters. The minimum atomic E-state index is -1.47. The molecule has 0 saturated carbocycles. The molecule has 1 aliphatic heterocycles. The van der Waals surface area contributed by atoms with E-state index >= 15 is 0 Å². The van der Waals surface area contributed by atoms with Crippen LogP contribution in [0.5, 0.6) is 0 Å². The van der Waals surface area contributed by atoms with Gasteiger partial charge in [-0.2, -0.15) is 0 Å². The monoisotopic (exact) mass is 482 g/mol. The number of nitrogens with zero attached hydrogens (tertiary/aromatic N) is 2. The first-order chi connectivity index (χ1) is 12.7. The van der Waals surface area contributed by atoms with Crippen LogP contribution in [-0.2, 0) is 17.0 Å². The van der Waals surface area contributed by atoms with E-state index in [1.165, 1.54) is 70.5 Å². The number of likely N-dealkylation sites (tertiary alicyclic amines) is 1. The van der Waals surface area contributed by atoms with E-state index in [1.807, 2.05) is 11.1 Å². The van der Waals surface area contributed by atoms with Crippen molar-refractivity contribution in [3.05, 3.63) is 23.6 Å². The Morgan fingerprint density at radius 2 is 1.61 bits per heavy atom. The van der Waals surface area contributed by atoms with Gasteiger partial charge in [0.1, 0.15) is 0 Å². The van der Waals surface area contributed by atoms with Gasteiger partial charge < -0.3 is 17.3 Å². The molecule has 2 aliphatic carbocycles. The quantitative estimate of drug-likeness (QED) is 0.224. The van der Waals surface area contributed by atoms with Crippen LogP contribution in [0.2, 0.25) is 18.1 Å². The van der Waals surface area contributed by atoms with Crippen LogP contribution in [0.25, 0.3) is 4.98 Å². The van der Waals surface area contributed by atoms with Crippen molar-refractivity contribution in [1.29, 1.82) is 0 Å². The van der Waals surface area contributed by atoms with Gasteiger partial charge in [-0.15, -0.1) is 5.54 Å². The molecule has 6 heteroatoms. The van der Waals surface area contributed by atoms with Gasteiger partial charge >= 0.3 is 35.6 Å². The third kappa shape index (κ3) is 9.99. The van der Waals surface area contributed by atoms with Gasteiger partial charge in [-0.05, 0) is 77.0 Å². The molecule has 0 aromatic heterocycles. The van der Waals surface area contributed by atoms with Gasteiger partial charge in [0.15, 0.2) is 0 Å². The van der Waals surface area contributed by atoms with Crippen LogP contribution in [0, 0.1) is 7.43 Å². The van der Waals surface area contributed by atoms with Gasteiger partial charge in [-0.3, -0.25) is 0 Å². The third-order valence-corrected chi connectivity index (χ3v) is 10.9. The van der Waals surface area contributed by atoms with E-state index in [2.05, 4.69) is 46.2 Å². The Hall–Kier alpha value is 1.17. The summed E-state index contributed by atoms with van der Waals surface area (Å²) in [6.45, 7) is 14.4. The van der Waals surface area contributed by atoms with E-state index in [0.717, 1.165) is 5.54 Å². The summed E-state index contributed by atoms with van der Waals surface area (Å²) in [4.78, 5) is 7.70. The molecule has 0 aromatic carbocycles. The molecule has 0 aromatic rings. The molecular formula is C22H44Cl2N2SiTi-2. The topological polar surface area (TPSA) is 17.3 Å². The van der Waals surface area contributed by atoms with Crippen molar-refractivity contribution in [2.75, 3.05) is 20.1 Å². The fourth-order valence-electron chi connectivity index (χ4n) is 4.92. The maximum absolute atomic E-state index is 5.34. The first-order valence-corrected chi connectivity index (χ1v) is 17.8. The summed E-state index contributed by atoms with van der Waals surface area (Å²) in [5.41, 5.74) is 4.72. The summed E-state index contributed by atoms with van der Waals surface area (Å²) < 4.78 is 0. The van der Waals surface area contributed by atoms with E-state index in [-0.39, 0.29) is 13.0 Å². The summed E-state index contributed by atoms with van der Waals surface area (Å²) in [5, 5.41) is 0. The zero-order valence-electron chi connectivity index (χ0n) is 19.5. The van der Waals surface area contributed by atoms with Crippen molar-refractivity contribution >= 4 is 26.8 Å². The van der Waals surface area contributed by atoms with Crippen molar-refractivity contribution < 1.29 is 17.0 Å². The van der Waals surface area contributed by atoms with E-state index in [4.69, 9.17) is 23.6 Å². The Balaban J connectivity index is 0.000000608. The predicted octanol–water partition coefficient (Wildman–Crippen LogP) is 8.33. The molecule has 0 N–H and O–H groups in total. The summed E-state index contributed by atoms with van der Waals surface area (Å²) in [6, 6.07) is 1.31. The standard InChI is InChI=1S/C16H30NSi.C5H11N.CH3.2ClH.Ti/c1-6-18(5,17-16(2,3)4)15-12-11-13-9-7-8-10-14(13)15;1-6-4-2-3-5-6;;;;/h15H,6-12H2,1-5H3;2-5H2,1H3;1H3;2*1H;/q-1;;-1;;;+2/p-2/t15?,18-;;;;;/m0...../s1. The maximum atomic E-state index is 5.34. The second kappa shape index (κ2) is 14.3. The van der Waals surface area contributed by atoms with Crippen molar-refractivity contribution in [3.8, 4) is 0 Å². The van der Waals surface area contributed by atoms with E-state index in [0.29, 0.717) is 0 Å². The van der Waals surface area contributed by atoms with Crippen LogP contribution in [0.1, 0.15) is 79.1 Å². The fraction of sp³-hybridized carbons (Fsp3) is 0.864. The number of allylic oxidation sites excluding steroid dienone is 2. The Morgan fingerprint density at radius 1 is 1.07 bits per heavy atom. The zero-order valence-corrected chi connectivity index (χ0v) is 23.6. The van der Waals surface area contributed by atoms with Gasteiger partial charge in [0.25, 0.3) is 0 Å². The first kappa shape index (κ1) is 29.2. The molecule has 166 valence electrons. The SMILES string of the molecule is CC[Si@](C)([N-]C(C)(C)C)C1CCC2=C1CCCC2.CN1CCCC1.[CH3-].[Cl][Ti][Cl]. The Morgan fingerprint density at radius 3 is 2.04 bits per heavy atom. The molecule has 0 spiro atoms. The molecule has 0 bridgehead atoms. The molecule has 0 radical (unpaired) electrons. The van der Waals surface area contributed by atoms with Crippen LogP contribution in [0.15, 0.2) is 11.1 Å². The van der Waals surface area contributed by atoms with Crippen LogP contribution in [-0.4, -0.2) is 38.8 Å². The third-order valence-electron chi connectivity index (χ3n) is 6.17. The number of hydrogen-bond acceptors (Lipinski definition) is 1. The van der Waals surface area contributed by atoms with Crippen LogP contribution in [0.4, 0.5) is 0 Å². The summed E-state index contributed by atoms with van der Waals surface area (Å²) >= 11 is -0.556. The molecule has 1 heterocycles. The average molecular weight is 483 g/mol. The molecule has 3 aliphatic rings. The molecule has 1 saturated heterocycles. The van der Waals surface area contributed by atoms with Crippen molar-refractivity contribution in [3.63, 3.8) is 0 Å². The van der Waals surface area contributed by atoms with E-state index < -0.39 is 25.3 Å². The minimum absolute atomic E-state index is 0. The molecular weight excluding hydrogens is 439 g/mol. The van der Waals surface area contributed by atoms with Gasteiger partial charge in [0.2, 0.25) is 0 Å². The van der Waals surface area contributed by atoms with E-state index in [1.54, 1.807) is 0 Å². The normalized spacial score (nSPS) is 24.1. The van der Waals surface area contributed by atoms with Gasteiger partial charge in [0.05, 0.1) is 0 Å². The average Bonchev–Trinajstić information content (AvgIpc) is 3.23. The second-order valence-electron chi connectivity index (χ2n) is 9.50. The molecule has 1 fully saturated rings. The number of rotatable bonds is 3. The van der Waals surface area contributed by atoms with Gasteiger partial charge in [-0.25, -0.2) is 0 Å². The molecule has 28 heavy (non-hydrogen) atoms. The van der Waals surface area contributed by atoms with Gasteiger partial charge in [-0.1, -0.05) is 59.7 Å². The summed E-state index contributed by atoms with van der Waals surface area (Å²) in [6.07, 6.45) is 11.3. The molecule has 2 atom stereocenters. The predicted molar refractivity (Wildman–Crippen MR) is 129 cm³/mol. The Kier molecular flexibility index (Phi) is 14.9. The number of hydrogen-bond donors (Lipinski definition) is 0. The first-order valence-electron chi connectivity index (χ1n) is 10.8. The molecule has 2 nitrogen and oxygen atoms in total. The van der Waals surface area contributed by atoms with Crippen LogP contribution < -0.4 is 0 Å². The fourth-order valence-corrected chi connectivity index (χ4v) is 9.13. The Bertz CT molecular complexity index is 462. The summed E-state index contributed by atoms with van der Waals surface area (Å²) in [7, 11) is 10.5. The van der Waals surface area contributed by atoms with Crippen molar-refractivity contribution in [2.24, 2.45) is 0 Å². The zero-order chi connectivity index (χ0) is 20.5. The Labute approximate surface area is 194 Å². The van der Waals surface area contributed by atoms with Crippen LogP contribution >= 0.6 is 18.6 Å². The van der Waals surface area contributed by atoms with Crippen LogP contribution in [0.3, 0.4) is 0 Å². The molecule has 0 amide bonds. The van der Waals surface area contributed by atoms with Crippen molar-refractivity contribution in [2.45, 2.75) is 103 Å². The van der Waals surface area contributed by atoms with Crippen molar-refractivity contribution in [1.82, 2.24) is 4.90 Å². The molecule has 3 rings (SSSR count). The van der Waals surface area contributed by atoms with Gasteiger partial charge in [0, 0.05) is 0 Å². The second-order valence-corrected chi connectivity index (χ2v) is 16.4. The number of halogens is 2. The van der Waals surface area contributed by atoms with E-state index in [9.17, 15) is 0 Å².